The van der Waals surface area contributed by atoms with Crippen LogP contribution in [0.1, 0.15) is 31.9 Å². The minimum Gasteiger partial charge on any atom is -0.395 e. The molecule has 2 nitrogen and oxygen atoms in total. The minimum atomic E-state index is 0.163. The van der Waals surface area contributed by atoms with Crippen LogP contribution in [0.4, 0.5) is 0 Å². The van der Waals surface area contributed by atoms with Crippen molar-refractivity contribution in [2.75, 3.05) is 6.61 Å². The van der Waals surface area contributed by atoms with Gasteiger partial charge < -0.3 is 10.4 Å². The van der Waals surface area contributed by atoms with E-state index in [0.717, 1.165) is 11.4 Å². The highest BCUT2D eigenvalue weighted by atomic mass is 35.5. The Morgan fingerprint density at radius 1 is 1.33 bits per heavy atom. The normalized spacial score (nSPS) is 14.9. The molecule has 0 fully saturated rings. The topological polar surface area (TPSA) is 32.3 Å². The van der Waals surface area contributed by atoms with Crippen LogP contribution in [0.5, 0.6) is 0 Å². The molecular formula is C12H18ClNO. The molecule has 1 rings (SSSR count). The molecule has 0 saturated carbocycles. The molecule has 0 bridgehead atoms. The Bertz CT molecular complexity index is 282. The van der Waals surface area contributed by atoms with Crippen molar-refractivity contribution in [3.63, 3.8) is 0 Å². The summed E-state index contributed by atoms with van der Waals surface area (Å²) >= 11 is 5.82. The Kier molecular flexibility index (Phi) is 5.09. The smallest absolute Gasteiger partial charge is 0.0584 e. The quantitative estimate of drug-likeness (QED) is 0.811. The summed E-state index contributed by atoms with van der Waals surface area (Å²) in [6.07, 6.45) is 0.925. The maximum absolute atomic E-state index is 9.08. The predicted molar refractivity (Wildman–Crippen MR) is 64.2 cm³/mol. The van der Waals surface area contributed by atoms with Gasteiger partial charge in [0.1, 0.15) is 0 Å². The highest BCUT2D eigenvalue weighted by Gasteiger charge is 2.10. The van der Waals surface area contributed by atoms with Crippen LogP contribution in [0.2, 0.25) is 5.02 Å². The molecule has 15 heavy (non-hydrogen) atoms. The highest BCUT2D eigenvalue weighted by molar-refractivity contribution is 6.30. The zero-order valence-electron chi connectivity index (χ0n) is 9.20. The summed E-state index contributed by atoms with van der Waals surface area (Å²) in [5.74, 6) is 0. The van der Waals surface area contributed by atoms with E-state index in [1.807, 2.05) is 24.3 Å². The van der Waals surface area contributed by atoms with Crippen LogP contribution < -0.4 is 5.32 Å². The molecule has 0 aromatic heterocycles. The van der Waals surface area contributed by atoms with Gasteiger partial charge >= 0.3 is 0 Å². The van der Waals surface area contributed by atoms with Gasteiger partial charge in [-0.15, -0.1) is 0 Å². The average molecular weight is 228 g/mol. The van der Waals surface area contributed by atoms with E-state index in [-0.39, 0.29) is 18.7 Å². The fourth-order valence-electron chi connectivity index (χ4n) is 1.50. The molecule has 0 amide bonds. The molecule has 2 N–H and O–H groups in total. The Balaban J connectivity index is 2.60. The molecule has 0 heterocycles. The van der Waals surface area contributed by atoms with Gasteiger partial charge in [0.25, 0.3) is 0 Å². The molecule has 0 aliphatic rings. The van der Waals surface area contributed by atoms with Crippen molar-refractivity contribution in [2.45, 2.75) is 32.4 Å². The molecule has 1 aromatic carbocycles. The molecule has 0 saturated heterocycles. The van der Waals surface area contributed by atoms with Gasteiger partial charge in [0.15, 0.2) is 0 Å². The molecular weight excluding hydrogens is 210 g/mol. The first-order valence-electron chi connectivity index (χ1n) is 5.29. The fourth-order valence-corrected chi connectivity index (χ4v) is 1.63. The van der Waals surface area contributed by atoms with Crippen LogP contribution in [0.15, 0.2) is 24.3 Å². The number of rotatable bonds is 5. The standard InChI is InChI=1S/C12H18ClNO/c1-3-12(8-15)14-9(2)10-4-6-11(13)7-5-10/h4-7,9,12,14-15H,3,8H2,1-2H3/t9?,12-/m0/s1. The monoisotopic (exact) mass is 227 g/mol. The number of hydrogen-bond acceptors (Lipinski definition) is 2. The van der Waals surface area contributed by atoms with Crippen LogP contribution >= 0.6 is 11.6 Å². The van der Waals surface area contributed by atoms with Crippen molar-refractivity contribution in [1.29, 1.82) is 0 Å². The summed E-state index contributed by atoms with van der Waals surface area (Å²) in [6, 6.07) is 8.17. The number of aliphatic hydroxyl groups excluding tert-OH is 1. The predicted octanol–water partition coefficient (Wildman–Crippen LogP) is 2.76. The van der Waals surface area contributed by atoms with Gasteiger partial charge in [-0.05, 0) is 31.0 Å². The first-order valence-corrected chi connectivity index (χ1v) is 5.67. The molecule has 3 heteroatoms. The Labute approximate surface area is 96.3 Å². The molecule has 1 aromatic rings. The van der Waals surface area contributed by atoms with Crippen LogP contribution in [0, 0.1) is 0 Å². The van der Waals surface area contributed by atoms with Gasteiger partial charge in [-0.1, -0.05) is 30.7 Å². The third-order valence-corrected chi connectivity index (χ3v) is 2.82. The largest absolute Gasteiger partial charge is 0.395 e. The molecule has 1 unspecified atom stereocenters. The molecule has 0 radical (unpaired) electrons. The summed E-state index contributed by atoms with van der Waals surface area (Å²) in [7, 11) is 0. The average Bonchev–Trinajstić information content (AvgIpc) is 2.26. The van der Waals surface area contributed by atoms with Crippen LogP contribution in [0.3, 0.4) is 0 Å². The van der Waals surface area contributed by atoms with E-state index >= 15 is 0 Å². The lowest BCUT2D eigenvalue weighted by molar-refractivity contribution is 0.230. The van der Waals surface area contributed by atoms with Crippen LogP contribution in [-0.2, 0) is 0 Å². The second kappa shape index (κ2) is 6.11. The van der Waals surface area contributed by atoms with Crippen molar-refractivity contribution in [2.24, 2.45) is 0 Å². The molecule has 2 atom stereocenters. The third kappa shape index (κ3) is 3.82. The Morgan fingerprint density at radius 3 is 2.40 bits per heavy atom. The second-order valence-corrected chi connectivity index (χ2v) is 4.16. The van der Waals surface area contributed by atoms with Crippen molar-refractivity contribution in [3.05, 3.63) is 34.9 Å². The van der Waals surface area contributed by atoms with Gasteiger partial charge in [0.2, 0.25) is 0 Å². The Morgan fingerprint density at radius 2 is 1.93 bits per heavy atom. The zero-order chi connectivity index (χ0) is 11.3. The van der Waals surface area contributed by atoms with Crippen LogP contribution in [-0.4, -0.2) is 17.8 Å². The van der Waals surface area contributed by atoms with E-state index in [1.54, 1.807) is 0 Å². The number of aliphatic hydroxyl groups is 1. The second-order valence-electron chi connectivity index (χ2n) is 3.73. The van der Waals surface area contributed by atoms with Crippen molar-refractivity contribution >= 4 is 11.6 Å². The van der Waals surface area contributed by atoms with Gasteiger partial charge in [-0.3, -0.25) is 0 Å². The Hall–Kier alpha value is -0.570. The molecule has 84 valence electrons. The van der Waals surface area contributed by atoms with Crippen LogP contribution in [0.25, 0.3) is 0 Å². The summed E-state index contributed by atoms with van der Waals surface area (Å²) in [4.78, 5) is 0. The molecule has 0 aliphatic carbocycles. The lowest BCUT2D eigenvalue weighted by Gasteiger charge is -2.20. The number of benzene rings is 1. The zero-order valence-corrected chi connectivity index (χ0v) is 9.96. The molecule has 0 aliphatic heterocycles. The fraction of sp³-hybridized carbons (Fsp3) is 0.500. The summed E-state index contributed by atoms with van der Waals surface area (Å²) in [5.41, 5.74) is 1.19. The minimum absolute atomic E-state index is 0.163. The molecule has 0 spiro atoms. The number of halogens is 1. The van der Waals surface area contributed by atoms with Crippen molar-refractivity contribution in [1.82, 2.24) is 5.32 Å². The van der Waals surface area contributed by atoms with E-state index in [9.17, 15) is 0 Å². The lowest BCUT2D eigenvalue weighted by atomic mass is 10.1. The number of nitrogens with one attached hydrogen (secondary N) is 1. The first kappa shape index (κ1) is 12.5. The SMILES string of the molecule is CC[C@@H](CO)NC(C)c1ccc(Cl)cc1. The highest BCUT2D eigenvalue weighted by Crippen LogP contribution is 2.16. The maximum atomic E-state index is 9.08. The van der Waals surface area contributed by atoms with E-state index in [0.29, 0.717) is 0 Å². The number of hydrogen-bond donors (Lipinski definition) is 2. The van der Waals surface area contributed by atoms with E-state index in [4.69, 9.17) is 16.7 Å². The summed E-state index contributed by atoms with van der Waals surface area (Å²) in [6.45, 7) is 4.32. The van der Waals surface area contributed by atoms with E-state index in [1.165, 1.54) is 5.56 Å². The van der Waals surface area contributed by atoms with Crippen molar-refractivity contribution < 1.29 is 5.11 Å². The van der Waals surface area contributed by atoms with E-state index in [2.05, 4.69) is 19.2 Å². The van der Waals surface area contributed by atoms with Gasteiger partial charge in [0.05, 0.1) is 6.61 Å². The third-order valence-electron chi connectivity index (χ3n) is 2.57. The van der Waals surface area contributed by atoms with E-state index < -0.39 is 0 Å². The lowest BCUT2D eigenvalue weighted by Crippen LogP contribution is -2.33. The summed E-state index contributed by atoms with van der Waals surface area (Å²) in [5, 5.41) is 13.2. The maximum Gasteiger partial charge on any atom is 0.0584 e. The first-order chi connectivity index (χ1) is 7.17. The van der Waals surface area contributed by atoms with Gasteiger partial charge in [0, 0.05) is 17.1 Å². The van der Waals surface area contributed by atoms with Crippen molar-refractivity contribution in [3.8, 4) is 0 Å². The van der Waals surface area contributed by atoms with Gasteiger partial charge in [-0.2, -0.15) is 0 Å². The van der Waals surface area contributed by atoms with Gasteiger partial charge in [-0.25, -0.2) is 0 Å². The summed E-state index contributed by atoms with van der Waals surface area (Å²) < 4.78 is 0.